The van der Waals surface area contributed by atoms with Crippen LogP contribution in [0.2, 0.25) is 0 Å². The lowest BCUT2D eigenvalue weighted by molar-refractivity contribution is 0.102. The van der Waals surface area contributed by atoms with Crippen molar-refractivity contribution in [2.75, 3.05) is 10.6 Å². The van der Waals surface area contributed by atoms with Gasteiger partial charge < -0.3 is 10.6 Å². The molecule has 23 heavy (non-hydrogen) atoms. The Morgan fingerprint density at radius 1 is 0.870 bits per heavy atom. The number of hydrogen-bond donors (Lipinski definition) is 2. The number of rotatable bonds is 4. The van der Waals surface area contributed by atoms with Crippen molar-refractivity contribution in [1.29, 1.82) is 0 Å². The highest BCUT2D eigenvalue weighted by atomic mass is 16.1. The second-order valence-electron chi connectivity index (χ2n) is 5.24. The summed E-state index contributed by atoms with van der Waals surface area (Å²) in [6.45, 7) is 2.01. The molecule has 1 amide bonds. The number of aromatic nitrogens is 1. The van der Waals surface area contributed by atoms with Crippen LogP contribution in [0.5, 0.6) is 0 Å². The summed E-state index contributed by atoms with van der Waals surface area (Å²) in [5, 5.41) is 6.10. The molecule has 2 N–H and O–H groups in total. The number of amides is 1. The van der Waals surface area contributed by atoms with E-state index in [-0.39, 0.29) is 5.91 Å². The molecule has 2 aromatic carbocycles. The van der Waals surface area contributed by atoms with E-state index in [1.807, 2.05) is 67.6 Å². The molecule has 3 aromatic rings. The maximum atomic E-state index is 12.3. The van der Waals surface area contributed by atoms with Gasteiger partial charge in [0, 0.05) is 23.3 Å². The number of carbonyl (C=O) groups excluding carboxylic acids is 1. The maximum Gasteiger partial charge on any atom is 0.274 e. The molecule has 0 aliphatic carbocycles. The Labute approximate surface area is 135 Å². The fraction of sp³-hybridized carbons (Fsp3) is 0.0526. The van der Waals surface area contributed by atoms with Gasteiger partial charge in [-0.1, -0.05) is 35.9 Å². The third-order valence-corrected chi connectivity index (χ3v) is 3.36. The summed E-state index contributed by atoms with van der Waals surface area (Å²) >= 11 is 0. The Bertz CT molecular complexity index is 798. The van der Waals surface area contributed by atoms with Gasteiger partial charge in [0.15, 0.2) is 0 Å². The van der Waals surface area contributed by atoms with Crippen LogP contribution in [0, 0.1) is 6.92 Å². The summed E-state index contributed by atoms with van der Waals surface area (Å²) < 4.78 is 0. The molecule has 0 atom stereocenters. The lowest BCUT2D eigenvalue weighted by atomic mass is 10.2. The molecule has 1 aromatic heterocycles. The Kier molecular flexibility index (Phi) is 4.34. The number of nitrogens with zero attached hydrogens (tertiary/aromatic N) is 1. The zero-order valence-electron chi connectivity index (χ0n) is 12.8. The molecule has 3 rings (SSSR count). The number of hydrogen-bond acceptors (Lipinski definition) is 3. The number of carbonyl (C=O) groups is 1. The zero-order chi connectivity index (χ0) is 16.1. The number of nitrogens with one attached hydrogen (secondary N) is 2. The molecular formula is C19H17N3O. The van der Waals surface area contributed by atoms with Crippen LogP contribution in [0.15, 0.2) is 72.9 Å². The summed E-state index contributed by atoms with van der Waals surface area (Å²) in [6.07, 6.45) is 1.62. The summed E-state index contributed by atoms with van der Waals surface area (Å²) in [5.41, 5.74) is 4.05. The standard InChI is InChI=1S/C19H17N3O/c1-14-7-9-16(10-8-14)22-19(23)18-13-17(11-12-20-18)21-15-5-3-2-4-6-15/h2-13H,1H3,(H,20,21)(H,22,23). The first-order chi connectivity index (χ1) is 11.2. The summed E-state index contributed by atoms with van der Waals surface area (Å²) in [6, 6.07) is 21.0. The molecule has 114 valence electrons. The van der Waals surface area contributed by atoms with E-state index < -0.39 is 0 Å². The summed E-state index contributed by atoms with van der Waals surface area (Å²) in [7, 11) is 0. The predicted molar refractivity (Wildman–Crippen MR) is 93.1 cm³/mol. The van der Waals surface area contributed by atoms with Crippen LogP contribution in [0.3, 0.4) is 0 Å². The van der Waals surface area contributed by atoms with Crippen molar-refractivity contribution in [3.8, 4) is 0 Å². The van der Waals surface area contributed by atoms with Gasteiger partial charge in [-0.15, -0.1) is 0 Å². The lowest BCUT2D eigenvalue weighted by Crippen LogP contribution is -2.13. The maximum absolute atomic E-state index is 12.3. The van der Waals surface area contributed by atoms with E-state index in [1.165, 1.54) is 0 Å². The largest absolute Gasteiger partial charge is 0.355 e. The Morgan fingerprint density at radius 3 is 2.35 bits per heavy atom. The molecule has 0 aliphatic rings. The van der Waals surface area contributed by atoms with Gasteiger partial charge >= 0.3 is 0 Å². The minimum absolute atomic E-state index is 0.231. The van der Waals surface area contributed by atoms with Crippen molar-refractivity contribution in [2.45, 2.75) is 6.92 Å². The molecule has 1 heterocycles. The Morgan fingerprint density at radius 2 is 1.61 bits per heavy atom. The Hall–Kier alpha value is -3.14. The molecular weight excluding hydrogens is 286 g/mol. The van der Waals surface area contributed by atoms with Crippen molar-refractivity contribution in [1.82, 2.24) is 4.98 Å². The molecule has 0 fully saturated rings. The van der Waals surface area contributed by atoms with Crippen LogP contribution in [0.4, 0.5) is 17.1 Å². The van der Waals surface area contributed by atoms with Crippen LogP contribution < -0.4 is 10.6 Å². The van der Waals surface area contributed by atoms with E-state index in [2.05, 4.69) is 15.6 Å². The number of pyridine rings is 1. The van der Waals surface area contributed by atoms with Crippen LogP contribution in [0.25, 0.3) is 0 Å². The van der Waals surface area contributed by atoms with Gasteiger partial charge in [-0.25, -0.2) is 0 Å². The fourth-order valence-corrected chi connectivity index (χ4v) is 2.15. The quantitative estimate of drug-likeness (QED) is 0.751. The van der Waals surface area contributed by atoms with Gasteiger partial charge in [-0.05, 0) is 43.3 Å². The van der Waals surface area contributed by atoms with Gasteiger partial charge in [0.2, 0.25) is 0 Å². The van der Waals surface area contributed by atoms with Gasteiger partial charge in [0.1, 0.15) is 5.69 Å². The van der Waals surface area contributed by atoms with Crippen molar-refractivity contribution in [3.63, 3.8) is 0 Å². The molecule has 0 bridgehead atoms. The van der Waals surface area contributed by atoms with E-state index in [1.54, 1.807) is 12.3 Å². The topological polar surface area (TPSA) is 54.0 Å². The number of aryl methyl sites for hydroxylation is 1. The Balaban J connectivity index is 1.73. The SMILES string of the molecule is Cc1ccc(NC(=O)c2cc(Nc3ccccc3)ccn2)cc1. The highest BCUT2D eigenvalue weighted by Crippen LogP contribution is 2.17. The molecule has 0 radical (unpaired) electrons. The third-order valence-electron chi connectivity index (χ3n) is 3.36. The highest BCUT2D eigenvalue weighted by molar-refractivity contribution is 6.03. The summed E-state index contributed by atoms with van der Waals surface area (Å²) in [5.74, 6) is -0.231. The van der Waals surface area contributed by atoms with E-state index in [9.17, 15) is 4.79 Å². The van der Waals surface area contributed by atoms with Crippen molar-refractivity contribution >= 4 is 23.0 Å². The molecule has 4 heteroatoms. The second-order valence-corrected chi connectivity index (χ2v) is 5.24. The second kappa shape index (κ2) is 6.75. The smallest absolute Gasteiger partial charge is 0.274 e. The lowest BCUT2D eigenvalue weighted by Gasteiger charge is -2.08. The van der Waals surface area contributed by atoms with Crippen LogP contribution >= 0.6 is 0 Å². The summed E-state index contributed by atoms with van der Waals surface area (Å²) in [4.78, 5) is 16.4. The molecule has 0 saturated heterocycles. The number of para-hydroxylation sites is 1. The number of anilines is 3. The number of benzene rings is 2. The zero-order valence-corrected chi connectivity index (χ0v) is 12.8. The van der Waals surface area contributed by atoms with Gasteiger partial charge in [0.05, 0.1) is 0 Å². The van der Waals surface area contributed by atoms with E-state index in [0.717, 1.165) is 22.6 Å². The van der Waals surface area contributed by atoms with Crippen molar-refractivity contribution in [3.05, 3.63) is 84.2 Å². The first-order valence-electron chi connectivity index (χ1n) is 7.37. The highest BCUT2D eigenvalue weighted by Gasteiger charge is 2.08. The van der Waals surface area contributed by atoms with Gasteiger partial charge in [-0.2, -0.15) is 0 Å². The van der Waals surface area contributed by atoms with Gasteiger partial charge in [0.25, 0.3) is 5.91 Å². The molecule has 0 aliphatic heterocycles. The first-order valence-corrected chi connectivity index (χ1v) is 7.37. The average molecular weight is 303 g/mol. The van der Waals surface area contributed by atoms with E-state index in [4.69, 9.17) is 0 Å². The third kappa shape index (κ3) is 3.95. The van der Waals surface area contributed by atoms with Crippen LogP contribution in [-0.2, 0) is 0 Å². The molecule has 0 unspecified atom stereocenters. The molecule has 0 spiro atoms. The molecule has 0 saturated carbocycles. The predicted octanol–water partition coefficient (Wildman–Crippen LogP) is 4.39. The van der Waals surface area contributed by atoms with Crippen LogP contribution in [0.1, 0.15) is 16.1 Å². The fourth-order valence-electron chi connectivity index (χ4n) is 2.15. The minimum atomic E-state index is -0.231. The average Bonchev–Trinajstić information content (AvgIpc) is 2.58. The molecule has 4 nitrogen and oxygen atoms in total. The van der Waals surface area contributed by atoms with Crippen LogP contribution in [-0.4, -0.2) is 10.9 Å². The normalized spacial score (nSPS) is 10.1. The minimum Gasteiger partial charge on any atom is -0.355 e. The first kappa shape index (κ1) is 14.8. The van der Waals surface area contributed by atoms with E-state index in [0.29, 0.717) is 5.69 Å². The van der Waals surface area contributed by atoms with Crippen molar-refractivity contribution in [2.24, 2.45) is 0 Å². The monoisotopic (exact) mass is 303 g/mol. The van der Waals surface area contributed by atoms with Crippen molar-refractivity contribution < 1.29 is 4.79 Å². The van der Waals surface area contributed by atoms with Gasteiger partial charge in [-0.3, -0.25) is 9.78 Å². The van der Waals surface area contributed by atoms with E-state index >= 15 is 0 Å².